The summed E-state index contributed by atoms with van der Waals surface area (Å²) in [5.74, 6) is 0.776. The van der Waals surface area contributed by atoms with Crippen LogP contribution in [0.5, 0.6) is 0 Å². The molecule has 3 amide bonds. The van der Waals surface area contributed by atoms with Crippen LogP contribution in [0.1, 0.15) is 62.5 Å². The van der Waals surface area contributed by atoms with E-state index in [1.807, 2.05) is 31.2 Å². The Kier molecular flexibility index (Phi) is 6.62. The summed E-state index contributed by atoms with van der Waals surface area (Å²) in [5.41, 5.74) is 1.69. The largest absolute Gasteiger partial charge is 0.359 e. The summed E-state index contributed by atoms with van der Waals surface area (Å²) in [5, 5.41) is 16.7. The van der Waals surface area contributed by atoms with Crippen molar-refractivity contribution in [2.45, 2.75) is 57.5 Å². The number of rotatable bonds is 7. The highest BCUT2D eigenvalue weighted by Gasteiger charge is 2.23. The average molecular weight is 384 g/mol. The average Bonchev–Trinajstić information content (AvgIpc) is 3.37. The SMILES string of the molecule is CNC(=O)CCc1cccc(NC(=O)NC(C)c2nncn2C2CCCC2)c1. The first-order chi connectivity index (χ1) is 13.6. The Morgan fingerprint density at radius 2 is 2.07 bits per heavy atom. The van der Waals surface area contributed by atoms with Gasteiger partial charge in [-0.25, -0.2) is 4.79 Å². The van der Waals surface area contributed by atoms with E-state index >= 15 is 0 Å². The molecule has 1 aliphatic rings. The zero-order valence-electron chi connectivity index (χ0n) is 16.4. The van der Waals surface area contributed by atoms with Gasteiger partial charge >= 0.3 is 6.03 Å². The van der Waals surface area contributed by atoms with Gasteiger partial charge in [0.1, 0.15) is 6.33 Å². The zero-order chi connectivity index (χ0) is 19.9. The molecule has 0 bridgehead atoms. The lowest BCUT2D eigenvalue weighted by molar-refractivity contribution is -0.120. The molecule has 0 radical (unpaired) electrons. The fourth-order valence-corrected chi connectivity index (χ4v) is 3.64. The first-order valence-electron chi connectivity index (χ1n) is 9.83. The molecule has 1 aliphatic carbocycles. The first-order valence-corrected chi connectivity index (χ1v) is 9.83. The number of nitrogens with one attached hydrogen (secondary N) is 3. The normalized spacial score (nSPS) is 15.2. The Balaban J connectivity index is 1.57. The van der Waals surface area contributed by atoms with Crippen molar-refractivity contribution in [2.75, 3.05) is 12.4 Å². The Hall–Kier alpha value is -2.90. The van der Waals surface area contributed by atoms with Crippen molar-refractivity contribution in [3.8, 4) is 0 Å². The van der Waals surface area contributed by atoms with E-state index in [2.05, 4.69) is 30.7 Å². The van der Waals surface area contributed by atoms with Gasteiger partial charge in [-0.15, -0.1) is 10.2 Å². The van der Waals surface area contributed by atoms with Gasteiger partial charge in [0.15, 0.2) is 5.82 Å². The minimum atomic E-state index is -0.295. The van der Waals surface area contributed by atoms with Crippen molar-refractivity contribution in [1.82, 2.24) is 25.4 Å². The third kappa shape index (κ3) is 5.09. The summed E-state index contributed by atoms with van der Waals surface area (Å²) in [4.78, 5) is 23.8. The number of anilines is 1. The van der Waals surface area contributed by atoms with Crippen LogP contribution in [-0.4, -0.2) is 33.8 Å². The first kappa shape index (κ1) is 19.9. The molecule has 3 N–H and O–H groups in total. The van der Waals surface area contributed by atoms with Gasteiger partial charge in [-0.1, -0.05) is 25.0 Å². The number of benzene rings is 1. The number of aryl methyl sites for hydroxylation is 1. The molecule has 1 aromatic carbocycles. The highest BCUT2D eigenvalue weighted by Crippen LogP contribution is 2.31. The van der Waals surface area contributed by atoms with Gasteiger partial charge in [0, 0.05) is 25.2 Å². The Labute approximate surface area is 165 Å². The minimum Gasteiger partial charge on any atom is -0.359 e. The molecule has 8 heteroatoms. The van der Waals surface area contributed by atoms with E-state index in [9.17, 15) is 9.59 Å². The summed E-state index contributed by atoms with van der Waals surface area (Å²) < 4.78 is 2.09. The molecule has 2 aromatic rings. The molecule has 1 heterocycles. The third-order valence-corrected chi connectivity index (χ3v) is 5.16. The van der Waals surface area contributed by atoms with E-state index in [4.69, 9.17) is 0 Å². The molecule has 3 rings (SSSR count). The quantitative estimate of drug-likeness (QED) is 0.683. The molecule has 28 heavy (non-hydrogen) atoms. The van der Waals surface area contributed by atoms with Crippen molar-refractivity contribution < 1.29 is 9.59 Å². The highest BCUT2D eigenvalue weighted by atomic mass is 16.2. The fraction of sp³-hybridized carbons (Fsp3) is 0.500. The molecule has 0 spiro atoms. The fourth-order valence-electron chi connectivity index (χ4n) is 3.64. The molecular formula is C20H28N6O2. The van der Waals surface area contributed by atoms with Crippen molar-refractivity contribution in [3.63, 3.8) is 0 Å². The van der Waals surface area contributed by atoms with E-state index in [0.29, 0.717) is 24.6 Å². The van der Waals surface area contributed by atoms with Crippen molar-refractivity contribution in [3.05, 3.63) is 42.0 Å². The van der Waals surface area contributed by atoms with Crippen LogP contribution < -0.4 is 16.0 Å². The molecular weight excluding hydrogens is 356 g/mol. The van der Waals surface area contributed by atoms with Crippen molar-refractivity contribution in [2.24, 2.45) is 0 Å². The van der Waals surface area contributed by atoms with Crippen LogP contribution in [-0.2, 0) is 11.2 Å². The third-order valence-electron chi connectivity index (χ3n) is 5.16. The second kappa shape index (κ2) is 9.34. The van der Waals surface area contributed by atoms with Gasteiger partial charge in [0.05, 0.1) is 6.04 Å². The van der Waals surface area contributed by atoms with Crippen molar-refractivity contribution >= 4 is 17.6 Å². The number of aromatic nitrogens is 3. The number of hydrogen-bond acceptors (Lipinski definition) is 4. The molecule has 8 nitrogen and oxygen atoms in total. The number of urea groups is 1. The second-order valence-corrected chi connectivity index (χ2v) is 7.23. The lowest BCUT2D eigenvalue weighted by Gasteiger charge is -2.19. The molecule has 1 saturated carbocycles. The van der Waals surface area contributed by atoms with Crippen LogP contribution >= 0.6 is 0 Å². The van der Waals surface area contributed by atoms with E-state index in [1.54, 1.807) is 13.4 Å². The Morgan fingerprint density at radius 1 is 1.29 bits per heavy atom. The maximum Gasteiger partial charge on any atom is 0.319 e. The van der Waals surface area contributed by atoms with Crippen LogP contribution in [0, 0.1) is 0 Å². The van der Waals surface area contributed by atoms with E-state index in [1.165, 1.54) is 12.8 Å². The number of hydrogen-bond donors (Lipinski definition) is 3. The monoisotopic (exact) mass is 384 g/mol. The van der Waals surface area contributed by atoms with Gasteiger partial charge in [0.2, 0.25) is 5.91 Å². The molecule has 1 unspecified atom stereocenters. The van der Waals surface area contributed by atoms with Gasteiger partial charge in [0.25, 0.3) is 0 Å². The lowest BCUT2D eigenvalue weighted by atomic mass is 10.1. The predicted octanol–water partition coefficient (Wildman–Crippen LogP) is 2.95. The van der Waals surface area contributed by atoms with Crippen LogP contribution in [0.2, 0.25) is 0 Å². The maximum atomic E-state index is 12.4. The maximum absolute atomic E-state index is 12.4. The molecule has 1 aromatic heterocycles. The van der Waals surface area contributed by atoms with Crippen molar-refractivity contribution in [1.29, 1.82) is 0 Å². The molecule has 150 valence electrons. The topological polar surface area (TPSA) is 101 Å². The lowest BCUT2D eigenvalue weighted by Crippen LogP contribution is -2.33. The smallest absolute Gasteiger partial charge is 0.319 e. The summed E-state index contributed by atoms with van der Waals surface area (Å²) in [6, 6.07) is 7.40. The number of carbonyl (C=O) groups excluding carboxylic acids is 2. The second-order valence-electron chi connectivity index (χ2n) is 7.23. The minimum absolute atomic E-state index is 0.00342. The molecule has 0 saturated heterocycles. The Morgan fingerprint density at radius 3 is 2.82 bits per heavy atom. The summed E-state index contributed by atoms with van der Waals surface area (Å²) in [6.07, 6.45) is 7.51. The summed E-state index contributed by atoms with van der Waals surface area (Å²) in [7, 11) is 1.62. The van der Waals surface area contributed by atoms with E-state index in [-0.39, 0.29) is 18.0 Å². The van der Waals surface area contributed by atoms with Crippen LogP contribution in [0.4, 0.5) is 10.5 Å². The van der Waals surface area contributed by atoms with Gasteiger partial charge < -0.3 is 20.5 Å². The number of nitrogens with zero attached hydrogens (tertiary/aromatic N) is 3. The van der Waals surface area contributed by atoms with Crippen LogP contribution in [0.25, 0.3) is 0 Å². The number of amides is 3. The van der Waals surface area contributed by atoms with E-state index < -0.39 is 0 Å². The summed E-state index contributed by atoms with van der Waals surface area (Å²) in [6.45, 7) is 1.91. The zero-order valence-corrected chi connectivity index (χ0v) is 16.4. The Bertz CT molecular complexity index is 813. The molecule has 1 atom stereocenters. The highest BCUT2D eigenvalue weighted by molar-refractivity contribution is 5.89. The summed E-state index contributed by atoms with van der Waals surface area (Å²) >= 11 is 0. The standard InChI is InChI=1S/C20H28N6O2/c1-14(19-25-22-13-26(19)17-8-3-4-9-17)23-20(28)24-16-7-5-6-15(12-16)10-11-18(27)21-2/h5-7,12-14,17H,3-4,8-11H2,1-2H3,(H,21,27)(H2,23,24,28). The molecule has 1 fully saturated rings. The predicted molar refractivity (Wildman–Crippen MR) is 107 cm³/mol. The van der Waals surface area contributed by atoms with Crippen LogP contribution in [0.15, 0.2) is 30.6 Å². The van der Waals surface area contributed by atoms with Crippen LogP contribution in [0.3, 0.4) is 0 Å². The van der Waals surface area contributed by atoms with Gasteiger partial charge in [-0.05, 0) is 43.9 Å². The van der Waals surface area contributed by atoms with E-state index in [0.717, 1.165) is 24.2 Å². The van der Waals surface area contributed by atoms with Gasteiger partial charge in [-0.3, -0.25) is 4.79 Å². The number of carbonyl (C=O) groups is 2. The van der Waals surface area contributed by atoms with Gasteiger partial charge in [-0.2, -0.15) is 0 Å². The molecule has 0 aliphatic heterocycles.